The summed E-state index contributed by atoms with van der Waals surface area (Å²) >= 11 is 0. The van der Waals surface area contributed by atoms with E-state index in [0.717, 1.165) is 29.7 Å². The lowest BCUT2D eigenvalue weighted by Gasteiger charge is -2.18. The fraction of sp³-hybridized carbons (Fsp3) is 0.417. The molecule has 0 unspecified atom stereocenters. The van der Waals surface area contributed by atoms with Crippen molar-refractivity contribution in [3.8, 4) is 0 Å². The minimum absolute atomic E-state index is 0.120. The van der Waals surface area contributed by atoms with Crippen LogP contribution in [0.2, 0.25) is 0 Å². The summed E-state index contributed by atoms with van der Waals surface area (Å²) in [7, 11) is 0. The molecular weight excluding hydrogens is 200 g/mol. The van der Waals surface area contributed by atoms with E-state index in [4.69, 9.17) is 5.73 Å². The van der Waals surface area contributed by atoms with Gasteiger partial charge in [-0.1, -0.05) is 0 Å². The third kappa shape index (κ3) is 2.73. The van der Waals surface area contributed by atoms with E-state index in [0.29, 0.717) is 0 Å². The summed E-state index contributed by atoms with van der Waals surface area (Å²) in [5.41, 5.74) is 8.94. The Kier molecular flexibility index (Phi) is 2.83. The van der Waals surface area contributed by atoms with Gasteiger partial charge in [-0.05, 0) is 38.5 Å². The molecule has 0 aliphatic carbocycles. The summed E-state index contributed by atoms with van der Waals surface area (Å²) in [6, 6.07) is 6.10. The number of nitrogens with one attached hydrogen (secondary N) is 2. The largest absolute Gasteiger partial charge is 0.385 e. The van der Waals surface area contributed by atoms with Crippen LogP contribution in [0.3, 0.4) is 0 Å². The van der Waals surface area contributed by atoms with E-state index in [2.05, 4.69) is 21.4 Å². The van der Waals surface area contributed by atoms with E-state index in [1.165, 1.54) is 0 Å². The molecule has 0 aliphatic rings. The zero-order valence-electron chi connectivity index (χ0n) is 9.75. The highest BCUT2D eigenvalue weighted by atomic mass is 14.9. The van der Waals surface area contributed by atoms with Crippen molar-refractivity contribution in [3.05, 3.63) is 24.5 Å². The molecule has 1 aromatic heterocycles. The van der Waals surface area contributed by atoms with Crippen molar-refractivity contribution in [1.82, 2.24) is 9.97 Å². The molecule has 1 heterocycles. The molecule has 4 N–H and O–H groups in total. The number of benzene rings is 1. The zero-order valence-corrected chi connectivity index (χ0v) is 9.75. The van der Waals surface area contributed by atoms with Crippen LogP contribution in [0.15, 0.2) is 24.5 Å². The fourth-order valence-electron chi connectivity index (χ4n) is 1.57. The van der Waals surface area contributed by atoms with Gasteiger partial charge in [0, 0.05) is 17.8 Å². The monoisotopic (exact) mass is 218 g/mol. The number of H-pyrrole nitrogens is 1. The first kappa shape index (κ1) is 11.0. The van der Waals surface area contributed by atoms with Crippen molar-refractivity contribution in [1.29, 1.82) is 0 Å². The lowest BCUT2D eigenvalue weighted by atomic mass is 10.0. The van der Waals surface area contributed by atoms with Crippen LogP contribution in [0, 0.1) is 0 Å². The van der Waals surface area contributed by atoms with Crippen LogP contribution >= 0.6 is 0 Å². The van der Waals surface area contributed by atoms with Crippen LogP contribution in [-0.2, 0) is 0 Å². The fourth-order valence-corrected chi connectivity index (χ4v) is 1.57. The first-order valence-corrected chi connectivity index (χ1v) is 5.50. The van der Waals surface area contributed by atoms with E-state index in [1.807, 2.05) is 26.0 Å². The highest BCUT2D eigenvalue weighted by Crippen LogP contribution is 2.16. The highest BCUT2D eigenvalue weighted by molar-refractivity contribution is 5.78. The van der Waals surface area contributed by atoms with Crippen molar-refractivity contribution in [3.63, 3.8) is 0 Å². The molecule has 86 valence electrons. The van der Waals surface area contributed by atoms with Gasteiger partial charge in [0.15, 0.2) is 0 Å². The number of imidazole rings is 1. The Hall–Kier alpha value is -1.55. The molecule has 0 fully saturated rings. The van der Waals surface area contributed by atoms with E-state index in [1.54, 1.807) is 6.33 Å². The van der Waals surface area contributed by atoms with E-state index >= 15 is 0 Å². The SMILES string of the molecule is CC(C)(N)CCNc1ccc2nc[nH]c2c1. The highest BCUT2D eigenvalue weighted by Gasteiger charge is 2.09. The first-order chi connectivity index (χ1) is 7.54. The van der Waals surface area contributed by atoms with Gasteiger partial charge in [-0.15, -0.1) is 0 Å². The molecule has 0 amide bonds. The summed E-state index contributed by atoms with van der Waals surface area (Å²) in [5.74, 6) is 0. The molecule has 4 nitrogen and oxygen atoms in total. The Morgan fingerprint density at radius 2 is 2.25 bits per heavy atom. The molecule has 0 radical (unpaired) electrons. The second kappa shape index (κ2) is 4.14. The topological polar surface area (TPSA) is 66.7 Å². The summed E-state index contributed by atoms with van der Waals surface area (Å²) in [6.45, 7) is 4.95. The quantitative estimate of drug-likeness (QED) is 0.736. The van der Waals surface area contributed by atoms with Gasteiger partial charge in [0.05, 0.1) is 17.4 Å². The Morgan fingerprint density at radius 3 is 3.00 bits per heavy atom. The van der Waals surface area contributed by atoms with Gasteiger partial charge in [0.1, 0.15) is 0 Å². The number of rotatable bonds is 4. The lowest BCUT2D eigenvalue weighted by molar-refractivity contribution is 0.491. The number of anilines is 1. The number of hydrogen-bond acceptors (Lipinski definition) is 3. The van der Waals surface area contributed by atoms with Crippen LogP contribution in [0.5, 0.6) is 0 Å². The smallest absolute Gasteiger partial charge is 0.0931 e. The molecule has 0 saturated carbocycles. The third-order valence-electron chi connectivity index (χ3n) is 2.52. The Balaban J connectivity index is 1.99. The van der Waals surface area contributed by atoms with E-state index in [-0.39, 0.29) is 5.54 Å². The molecule has 1 aromatic carbocycles. The predicted molar refractivity (Wildman–Crippen MR) is 67.5 cm³/mol. The lowest BCUT2D eigenvalue weighted by Crippen LogP contribution is -2.34. The molecule has 0 spiro atoms. The number of hydrogen-bond donors (Lipinski definition) is 3. The zero-order chi connectivity index (χ0) is 11.6. The molecule has 0 bridgehead atoms. The summed E-state index contributed by atoms with van der Waals surface area (Å²) in [4.78, 5) is 7.27. The molecule has 0 saturated heterocycles. The maximum Gasteiger partial charge on any atom is 0.0931 e. The van der Waals surface area contributed by atoms with Crippen molar-refractivity contribution in [2.45, 2.75) is 25.8 Å². The Labute approximate surface area is 95.3 Å². The molecule has 2 aromatic rings. The van der Waals surface area contributed by atoms with Gasteiger partial charge in [-0.3, -0.25) is 0 Å². The van der Waals surface area contributed by atoms with E-state index < -0.39 is 0 Å². The minimum Gasteiger partial charge on any atom is -0.385 e. The first-order valence-electron chi connectivity index (χ1n) is 5.50. The Bertz CT molecular complexity index is 467. The Morgan fingerprint density at radius 1 is 1.44 bits per heavy atom. The molecule has 16 heavy (non-hydrogen) atoms. The number of aromatic nitrogens is 2. The second-order valence-electron chi connectivity index (χ2n) is 4.80. The van der Waals surface area contributed by atoms with Crippen molar-refractivity contribution < 1.29 is 0 Å². The number of nitrogens with zero attached hydrogens (tertiary/aromatic N) is 1. The predicted octanol–water partition coefficient (Wildman–Crippen LogP) is 2.10. The number of nitrogens with two attached hydrogens (primary N) is 1. The van der Waals surface area contributed by atoms with E-state index in [9.17, 15) is 0 Å². The molecule has 2 rings (SSSR count). The maximum absolute atomic E-state index is 5.92. The van der Waals surface area contributed by atoms with Crippen LogP contribution in [0.25, 0.3) is 11.0 Å². The van der Waals surface area contributed by atoms with Gasteiger partial charge >= 0.3 is 0 Å². The molecular formula is C12H18N4. The van der Waals surface area contributed by atoms with Gasteiger partial charge in [0.25, 0.3) is 0 Å². The maximum atomic E-state index is 5.92. The molecule has 4 heteroatoms. The third-order valence-corrected chi connectivity index (χ3v) is 2.52. The number of fused-ring (bicyclic) bond motifs is 1. The average molecular weight is 218 g/mol. The minimum atomic E-state index is -0.120. The van der Waals surface area contributed by atoms with Crippen LogP contribution < -0.4 is 11.1 Å². The van der Waals surface area contributed by atoms with Crippen LogP contribution in [-0.4, -0.2) is 22.1 Å². The van der Waals surface area contributed by atoms with Gasteiger partial charge in [-0.25, -0.2) is 4.98 Å². The standard InChI is InChI=1S/C12H18N4/c1-12(2,13)5-6-14-9-3-4-10-11(7-9)16-8-15-10/h3-4,7-8,14H,5-6,13H2,1-2H3,(H,15,16). The van der Waals surface area contributed by atoms with Crippen LogP contribution in [0.4, 0.5) is 5.69 Å². The van der Waals surface area contributed by atoms with Crippen molar-refractivity contribution >= 4 is 16.7 Å². The van der Waals surface area contributed by atoms with Crippen molar-refractivity contribution in [2.24, 2.45) is 5.73 Å². The normalized spacial score (nSPS) is 11.9. The molecule has 0 atom stereocenters. The van der Waals surface area contributed by atoms with Crippen LogP contribution in [0.1, 0.15) is 20.3 Å². The summed E-state index contributed by atoms with van der Waals surface area (Å²) < 4.78 is 0. The van der Waals surface area contributed by atoms with Gasteiger partial charge in [0.2, 0.25) is 0 Å². The summed E-state index contributed by atoms with van der Waals surface area (Å²) in [6.07, 6.45) is 2.64. The second-order valence-corrected chi connectivity index (χ2v) is 4.80. The summed E-state index contributed by atoms with van der Waals surface area (Å²) in [5, 5.41) is 3.36. The van der Waals surface area contributed by atoms with Gasteiger partial charge in [-0.2, -0.15) is 0 Å². The molecule has 0 aliphatic heterocycles. The average Bonchev–Trinajstić information content (AvgIpc) is 2.62. The van der Waals surface area contributed by atoms with Gasteiger partial charge < -0.3 is 16.0 Å². The number of aromatic amines is 1. The van der Waals surface area contributed by atoms with Crippen molar-refractivity contribution in [2.75, 3.05) is 11.9 Å².